The van der Waals surface area contributed by atoms with Crippen LogP contribution in [-0.2, 0) is 0 Å². The van der Waals surface area contributed by atoms with Crippen LogP contribution in [0.3, 0.4) is 0 Å². The van der Waals surface area contributed by atoms with Crippen molar-refractivity contribution in [2.24, 2.45) is 0 Å². The molecule has 4 heterocycles. The molecule has 0 amide bonds. The fraction of sp³-hybridized carbons (Fsp3) is 0.409. The predicted molar refractivity (Wildman–Crippen MR) is 108 cm³/mol. The molecule has 3 fully saturated rings. The average Bonchev–Trinajstić information content (AvgIpc) is 3.10. The number of nitrogens with one attached hydrogen (secondary N) is 1. The van der Waals surface area contributed by atoms with Crippen molar-refractivity contribution in [1.82, 2.24) is 25.3 Å². The van der Waals surface area contributed by atoms with Gasteiger partial charge in [-0.3, -0.25) is 0 Å². The quantitative estimate of drug-likeness (QED) is 0.582. The molecule has 2 aromatic heterocycles. The van der Waals surface area contributed by atoms with E-state index in [0.717, 1.165) is 5.69 Å². The number of hydrogen-bond donors (Lipinski definition) is 2. The van der Waals surface area contributed by atoms with Crippen molar-refractivity contribution in [2.75, 3.05) is 0 Å². The van der Waals surface area contributed by atoms with Gasteiger partial charge in [0.2, 0.25) is 11.5 Å². The Balaban J connectivity index is 1.19. The zero-order valence-corrected chi connectivity index (χ0v) is 17.3. The molecule has 33 heavy (non-hydrogen) atoms. The molecule has 0 radical (unpaired) electrons. The van der Waals surface area contributed by atoms with Gasteiger partial charge in [0.05, 0.1) is 29.2 Å². The lowest BCUT2D eigenvalue weighted by Crippen LogP contribution is -2.58. The molecule has 1 saturated carbocycles. The molecular weight excluding hydrogens is 442 g/mol. The monoisotopic (exact) mass is 461 g/mol. The smallest absolute Gasteiger partial charge is 0.233 e. The van der Waals surface area contributed by atoms with E-state index in [1.54, 1.807) is 23.0 Å². The Morgan fingerprint density at radius 1 is 1.12 bits per heavy atom. The molecule has 2 aliphatic heterocycles. The molecule has 2 bridgehead atoms. The normalized spacial score (nSPS) is 36.5. The van der Waals surface area contributed by atoms with E-state index in [-0.39, 0.29) is 18.1 Å². The van der Waals surface area contributed by atoms with Gasteiger partial charge >= 0.3 is 0 Å². The summed E-state index contributed by atoms with van der Waals surface area (Å²) in [4.78, 5) is 0. The van der Waals surface area contributed by atoms with Gasteiger partial charge in [-0.25, -0.2) is 22.2 Å². The zero-order chi connectivity index (χ0) is 23.1. The van der Waals surface area contributed by atoms with E-state index >= 15 is 0 Å². The van der Waals surface area contributed by atoms with Crippen LogP contribution in [0.15, 0.2) is 42.6 Å². The molecular formula is C22H19F4N5O2. The first kappa shape index (κ1) is 20.4. The Labute approximate surface area is 185 Å². The molecule has 0 spiro atoms. The number of fused-ring (bicyclic) bond motifs is 5. The number of phenols is 1. The number of aromatic hydroxyl groups is 1. The van der Waals surface area contributed by atoms with E-state index in [9.17, 15) is 22.7 Å². The summed E-state index contributed by atoms with van der Waals surface area (Å²) < 4.78 is 65.0. The van der Waals surface area contributed by atoms with Gasteiger partial charge in [-0.2, -0.15) is 5.10 Å². The highest BCUT2D eigenvalue weighted by Gasteiger charge is 2.93. The van der Waals surface area contributed by atoms with Crippen molar-refractivity contribution < 1.29 is 27.4 Å². The number of rotatable bonds is 4. The molecule has 1 aliphatic carbocycles. The standard InChI is InChI=1S/C22H19F4N5O2/c1-10-6-7-31(30-10)11-2-3-12(14(32)8-11)13-4-5-17(29-28-13)33-15-9-16-21(25)20(24)22(21,26)19(27-16)18(15)23/h2-8,15-16,18-20,27,32H,9H2,1H3. The van der Waals surface area contributed by atoms with Gasteiger partial charge < -0.3 is 15.2 Å². The van der Waals surface area contributed by atoms with E-state index in [0.29, 0.717) is 16.9 Å². The summed E-state index contributed by atoms with van der Waals surface area (Å²) in [5.41, 5.74) is -3.31. The first-order valence-corrected chi connectivity index (χ1v) is 10.5. The van der Waals surface area contributed by atoms with Crippen LogP contribution < -0.4 is 10.1 Å². The molecule has 7 unspecified atom stereocenters. The molecule has 7 nitrogen and oxygen atoms in total. The van der Waals surface area contributed by atoms with E-state index in [1.165, 1.54) is 18.2 Å². The minimum atomic E-state index is -2.86. The summed E-state index contributed by atoms with van der Waals surface area (Å²) in [5.74, 6) is -0.0778. The van der Waals surface area contributed by atoms with Gasteiger partial charge in [-0.1, -0.05) is 0 Å². The Morgan fingerprint density at radius 3 is 2.61 bits per heavy atom. The lowest BCUT2D eigenvalue weighted by atomic mass is 9.95. The highest BCUT2D eigenvalue weighted by molar-refractivity contribution is 5.68. The third-order valence-electron chi connectivity index (χ3n) is 6.88. The summed E-state index contributed by atoms with van der Waals surface area (Å²) >= 11 is 0. The van der Waals surface area contributed by atoms with Crippen molar-refractivity contribution in [3.63, 3.8) is 0 Å². The SMILES string of the molecule is Cc1ccn(-c2ccc(-c3ccc(OC4CC5NC(C4F)C4(F)C(F)C54F)nn3)c(O)c2)n1. The van der Waals surface area contributed by atoms with Gasteiger partial charge in [0.25, 0.3) is 0 Å². The van der Waals surface area contributed by atoms with E-state index in [1.807, 2.05) is 13.0 Å². The minimum absolute atomic E-state index is 0.0381. The van der Waals surface area contributed by atoms with Crippen molar-refractivity contribution in [2.45, 2.75) is 55.2 Å². The molecule has 1 aromatic carbocycles. The van der Waals surface area contributed by atoms with E-state index in [4.69, 9.17) is 4.74 Å². The Kier molecular flexibility index (Phi) is 4.12. The summed E-state index contributed by atoms with van der Waals surface area (Å²) in [7, 11) is 0. The maximum absolute atomic E-state index is 14.8. The van der Waals surface area contributed by atoms with Crippen molar-refractivity contribution in [3.8, 4) is 28.6 Å². The third kappa shape index (κ3) is 2.68. The summed E-state index contributed by atoms with van der Waals surface area (Å²) in [5, 5.41) is 25.2. The number of aromatic nitrogens is 4. The molecule has 7 atom stereocenters. The Morgan fingerprint density at radius 2 is 1.94 bits per heavy atom. The molecule has 2 saturated heterocycles. The fourth-order valence-electron chi connectivity index (χ4n) is 5.08. The van der Waals surface area contributed by atoms with Gasteiger partial charge in [-0.15, -0.1) is 10.2 Å². The second-order valence-electron chi connectivity index (χ2n) is 8.79. The van der Waals surface area contributed by atoms with Crippen LogP contribution in [0.2, 0.25) is 0 Å². The van der Waals surface area contributed by atoms with Gasteiger partial charge in [-0.05, 0) is 31.2 Å². The maximum atomic E-state index is 14.8. The molecule has 3 aliphatic rings. The van der Waals surface area contributed by atoms with E-state index in [2.05, 4.69) is 20.6 Å². The third-order valence-corrected chi connectivity index (χ3v) is 6.88. The second kappa shape index (κ2) is 6.66. The number of nitrogens with zero attached hydrogens (tertiary/aromatic N) is 4. The minimum Gasteiger partial charge on any atom is -0.507 e. The van der Waals surface area contributed by atoms with Crippen LogP contribution >= 0.6 is 0 Å². The van der Waals surface area contributed by atoms with Crippen molar-refractivity contribution in [1.29, 1.82) is 0 Å². The molecule has 11 heteroatoms. The van der Waals surface area contributed by atoms with Crippen LogP contribution in [0, 0.1) is 6.92 Å². The zero-order valence-electron chi connectivity index (χ0n) is 17.3. The molecule has 172 valence electrons. The first-order chi connectivity index (χ1) is 15.7. The van der Waals surface area contributed by atoms with Crippen LogP contribution in [-0.4, -0.2) is 67.0 Å². The lowest BCUT2D eigenvalue weighted by Gasteiger charge is -2.35. The maximum Gasteiger partial charge on any atom is 0.233 e. The first-order valence-electron chi connectivity index (χ1n) is 10.5. The number of alkyl halides is 4. The van der Waals surface area contributed by atoms with Crippen LogP contribution in [0.4, 0.5) is 17.6 Å². The number of aryl methyl sites for hydroxylation is 1. The highest BCUT2D eigenvalue weighted by atomic mass is 19.2. The lowest BCUT2D eigenvalue weighted by molar-refractivity contribution is 0.00545. The Hall–Kier alpha value is -3.21. The number of benzene rings is 1. The molecule has 2 N–H and O–H groups in total. The number of halogens is 4. The van der Waals surface area contributed by atoms with Gasteiger partial charge in [0, 0.05) is 30.3 Å². The highest BCUT2D eigenvalue weighted by Crippen LogP contribution is 2.67. The van der Waals surface area contributed by atoms with Crippen LogP contribution in [0.25, 0.3) is 16.9 Å². The summed E-state index contributed by atoms with van der Waals surface area (Å²) in [6.07, 6.45) is -3.93. The number of phenolic OH excluding ortho intramolecular Hbond substituents is 1. The van der Waals surface area contributed by atoms with Crippen LogP contribution in [0.1, 0.15) is 12.1 Å². The van der Waals surface area contributed by atoms with Gasteiger partial charge in [0.1, 0.15) is 11.9 Å². The summed E-state index contributed by atoms with van der Waals surface area (Å²) in [6, 6.07) is 6.98. The molecule has 6 rings (SSSR count). The van der Waals surface area contributed by atoms with E-state index < -0.39 is 41.9 Å². The second-order valence-corrected chi connectivity index (χ2v) is 8.79. The number of ether oxygens (including phenoxy) is 1. The summed E-state index contributed by atoms with van der Waals surface area (Å²) in [6.45, 7) is 1.86. The topological polar surface area (TPSA) is 85.1 Å². The molecule has 3 aromatic rings. The number of hydrogen-bond acceptors (Lipinski definition) is 6. The van der Waals surface area contributed by atoms with Gasteiger partial charge in [0.15, 0.2) is 18.0 Å². The van der Waals surface area contributed by atoms with Crippen molar-refractivity contribution in [3.05, 3.63) is 48.3 Å². The average molecular weight is 461 g/mol. The predicted octanol–water partition coefficient (Wildman–Crippen LogP) is 2.94. The fourth-order valence-corrected chi connectivity index (χ4v) is 5.08. The largest absolute Gasteiger partial charge is 0.507 e. The number of piperidine rings is 2. The Bertz CT molecular complexity index is 1240. The van der Waals surface area contributed by atoms with Crippen LogP contribution in [0.5, 0.6) is 11.6 Å². The van der Waals surface area contributed by atoms with Crippen molar-refractivity contribution >= 4 is 0 Å².